The van der Waals surface area contributed by atoms with Gasteiger partial charge in [-0.2, -0.15) is 92.2 Å². The number of hydrogen-bond donors (Lipinski definition) is 0. The molecule has 0 saturated carbocycles. The van der Waals surface area contributed by atoms with Crippen molar-refractivity contribution < 1.29 is 196 Å². The molecule has 59 heavy (non-hydrogen) atoms. The van der Waals surface area contributed by atoms with Crippen LogP contribution in [0.2, 0.25) is 0 Å². The second kappa shape index (κ2) is 21.1. The first-order valence-electron chi connectivity index (χ1n) is 14.8. The van der Waals surface area contributed by atoms with Gasteiger partial charge in [-0.15, -0.1) is 0 Å². The normalized spacial score (nSPS) is 13.9. The van der Waals surface area contributed by atoms with Gasteiger partial charge in [0.2, 0.25) is 17.3 Å². The summed E-state index contributed by atoms with van der Waals surface area (Å²) >= 11 is 0. The molecule has 0 aromatic heterocycles. The number of hydrogen-bond acceptors (Lipinski definition) is 6. The van der Waals surface area contributed by atoms with E-state index < -0.39 is 124 Å². The van der Waals surface area contributed by atoms with Gasteiger partial charge in [-0.25, -0.2) is 0 Å². The van der Waals surface area contributed by atoms with E-state index in [4.69, 9.17) is 0 Å². The van der Waals surface area contributed by atoms with Gasteiger partial charge in [0.05, 0.1) is 19.3 Å². The molecule has 0 amide bonds. The van der Waals surface area contributed by atoms with Crippen LogP contribution in [-0.4, -0.2) is 88.8 Å². The van der Waals surface area contributed by atoms with Gasteiger partial charge in [-0.05, 0) is 0 Å². The molecule has 0 atom stereocenters. The van der Waals surface area contributed by atoms with Crippen molar-refractivity contribution in [1.82, 2.24) is 0 Å². The first-order valence-corrected chi connectivity index (χ1v) is 14.8. The third-order valence-electron chi connectivity index (χ3n) is 6.77. The van der Waals surface area contributed by atoms with Crippen molar-refractivity contribution in [1.29, 1.82) is 0 Å². The van der Waals surface area contributed by atoms with Crippen LogP contribution in [0.25, 0.3) is 0 Å². The van der Waals surface area contributed by atoms with Crippen LogP contribution < -0.4 is 0 Å². The largest absolute Gasteiger partial charge is 3.00 e. The Hall–Kier alpha value is -0.956. The van der Waals surface area contributed by atoms with Gasteiger partial charge in [0.25, 0.3) is 0 Å². The van der Waals surface area contributed by atoms with Crippen molar-refractivity contribution in [3.05, 3.63) is 0 Å². The number of alkyl halides is 21. The zero-order valence-electron chi connectivity index (χ0n) is 31.1. The van der Waals surface area contributed by atoms with Crippen molar-refractivity contribution in [3.8, 4) is 0 Å². The van der Waals surface area contributed by atoms with Gasteiger partial charge in [0.15, 0.2) is 0 Å². The summed E-state index contributed by atoms with van der Waals surface area (Å²) in [6, 6.07) is 0. The van der Waals surface area contributed by atoms with Crippen molar-refractivity contribution in [2.75, 3.05) is 0 Å². The Morgan fingerprint density at radius 2 is 0.390 bits per heavy atom. The summed E-state index contributed by atoms with van der Waals surface area (Å²) in [6.45, 7) is 10.9. The monoisotopic (exact) mass is 1220 g/mol. The maximum Gasteiger partial charge on any atom is 3.00 e. The van der Waals surface area contributed by atoms with E-state index in [2.05, 4.69) is 0 Å². The summed E-state index contributed by atoms with van der Waals surface area (Å²) in [5, 5.41) is 0. The Labute approximate surface area is 379 Å². The summed E-state index contributed by atoms with van der Waals surface area (Å²) in [5.74, 6) is -49.2. The van der Waals surface area contributed by atoms with Crippen molar-refractivity contribution in [3.63, 3.8) is 0 Å². The van der Waals surface area contributed by atoms with E-state index >= 15 is 0 Å². The summed E-state index contributed by atoms with van der Waals surface area (Å²) in [7, 11) is 0. The number of ketones is 6. The zero-order chi connectivity index (χ0) is 47.6. The van der Waals surface area contributed by atoms with Crippen LogP contribution in [-0.2, 0) is 28.8 Å². The Bertz CT molecular complexity index is 1320. The number of carbonyl (C=O) groups excluding carboxylic acids is 6. The topological polar surface area (TPSA) is 102 Å². The quantitative estimate of drug-likeness (QED) is 0.143. The summed E-state index contributed by atoms with van der Waals surface area (Å²) < 4.78 is 258. The second-order valence-corrected chi connectivity index (χ2v) is 14.8. The molecule has 0 rings (SSSR count). The van der Waals surface area contributed by atoms with Crippen LogP contribution in [0.3, 0.4) is 0 Å². The molecular formula is C30H33Er2F21O6+6. The van der Waals surface area contributed by atoms with E-state index in [0.717, 1.165) is 0 Å². The molecule has 0 unspecified atom stereocenters. The summed E-state index contributed by atoms with van der Waals surface area (Å²) in [4.78, 5) is 66.2. The number of rotatable bonds is 12. The standard InChI is InChI=1S/3C10H11F7O2.2Er/c3*1-7(2,3)5(18)4-6(19)8(11,12)9(13,14)10(15,16)17;;/h3*4H2,1-3H3;;/q;;;2*+3. The molecule has 354 valence electrons. The smallest absolute Gasteiger partial charge is 0.299 e. The molecule has 0 fully saturated rings. The fourth-order valence-corrected chi connectivity index (χ4v) is 2.63. The summed E-state index contributed by atoms with van der Waals surface area (Å²) in [5.41, 5.74) is -3.92. The maximum atomic E-state index is 12.9. The van der Waals surface area contributed by atoms with Gasteiger partial charge in [-0.3, -0.25) is 28.8 Å². The Morgan fingerprint density at radius 3 is 0.475 bits per heavy atom. The predicted molar refractivity (Wildman–Crippen MR) is 150 cm³/mol. The molecule has 6 nitrogen and oxygen atoms in total. The average molecular weight is 1220 g/mol. The van der Waals surface area contributed by atoms with E-state index in [-0.39, 0.29) is 74.6 Å². The Morgan fingerprint density at radius 1 is 0.271 bits per heavy atom. The minimum Gasteiger partial charge on any atom is -0.299 e. The van der Waals surface area contributed by atoms with Crippen molar-refractivity contribution in [2.24, 2.45) is 16.2 Å². The molecule has 29 heteroatoms. The van der Waals surface area contributed by atoms with Gasteiger partial charge in [0, 0.05) is 16.2 Å². The third kappa shape index (κ3) is 16.9. The third-order valence-corrected chi connectivity index (χ3v) is 6.77. The Kier molecular flexibility index (Phi) is 24.1. The minimum atomic E-state index is -6.59. The van der Waals surface area contributed by atoms with E-state index in [9.17, 15) is 121 Å². The zero-order valence-corrected chi connectivity index (χ0v) is 34.8. The van der Waals surface area contributed by atoms with Crippen molar-refractivity contribution in [2.45, 2.75) is 136 Å². The summed E-state index contributed by atoms with van der Waals surface area (Å²) in [6.07, 6.45) is -24.8. The van der Waals surface area contributed by atoms with Crippen LogP contribution >= 0.6 is 0 Å². The Balaban J connectivity index is -0.000000243. The number of carbonyl (C=O) groups is 6. The van der Waals surface area contributed by atoms with Gasteiger partial charge >= 0.3 is 129 Å². The fourth-order valence-electron chi connectivity index (χ4n) is 2.63. The molecule has 2 radical (unpaired) electrons. The fraction of sp³-hybridized carbons (Fsp3) is 0.800. The van der Waals surface area contributed by atoms with Crippen LogP contribution in [0.5, 0.6) is 0 Å². The van der Waals surface area contributed by atoms with Crippen LogP contribution in [0.1, 0.15) is 81.6 Å². The maximum absolute atomic E-state index is 12.9. The molecule has 0 bridgehead atoms. The van der Waals surface area contributed by atoms with Gasteiger partial charge in [-0.1, -0.05) is 62.3 Å². The van der Waals surface area contributed by atoms with E-state index in [0.29, 0.717) is 0 Å². The number of Topliss-reactive ketones (excluding diaryl/α,β-unsaturated/α-hetero) is 6. The van der Waals surface area contributed by atoms with Gasteiger partial charge in [0.1, 0.15) is 17.3 Å². The molecule has 0 heterocycles. The average Bonchev–Trinajstić information content (AvgIpc) is 2.93. The molecule has 0 saturated heterocycles. The molecule has 0 spiro atoms. The SMILES string of the molecule is CC(C)(C)C(=O)CC(=O)C(F)(F)C(F)(F)C(F)(F)F.CC(C)(C)C(=O)CC(=O)C(F)(F)C(F)(F)C(F)(F)F.CC(C)(C)C(=O)CC(=O)C(F)(F)C(F)(F)C(F)(F)F.[Er+3].[Er+3]. The molecule has 0 N–H and O–H groups in total. The first-order chi connectivity index (χ1) is 24.1. The van der Waals surface area contributed by atoms with E-state index in [1.54, 1.807) is 0 Å². The van der Waals surface area contributed by atoms with Gasteiger partial charge < -0.3 is 0 Å². The molecule has 0 aromatic carbocycles. The van der Waals surface area contributed by atoms with E-state index in [1.807, 2.05) is 0 Å². The van der Waals surface area contributed by atoms with Crippen LogP contribution in [0.4, 0.5) is 92.2 Å². The molecular weight excluding hydrogens is 1190 g/mol. The second-order valence-electron chi connectivity index (χ2n) is 14.8. The predicted octanol–water partition coefficient (Wildman–Crippen LogP) is 10.2. The molecule has 0 aliphatic heterocycles. The van der Waals surface area contributed by atoms with E-state index in [1.165, 1.54) is 62.3 Å². The van der Waals surface area contributed by atoms with Crippen molar-refractivity contribution >= 4 is 34.7 Å². The molecule has 0 aromatic rings. The first kappa shape index (κ1) is 67.1. The number of halogens is 21. The molecule has 0 aliphatic carbocycles. The van der Waals surface area contributed by atoms with Crippen LogP contribution in [0, 0.1) is 90.9 Å². The van der Waals surface area contributed by atoms with Crippen LogP contribution in [0.15, 0.2) is 0 Å². The molecule has 0 aliphatic rings. The minimum absolute atomic E-state index is 0.